The summed E-state index contributed by atoms with van der Waals surface area (Å²) >= 11 is 0. The van der Waals surface area contributed by atoms with Gasteiger partial charge in [0.1, 0.15) is 5.60 Å². The zero-order chi connectivity index (χ0) is 14.0. The molecule has 1 aliphatic rings. The summed E-state index contributed by atoms with van der Waals surface area (Å²) in [6.45, 7) is 7.79. The van der Waals surface area contributed by atoms with E-state index in [0.29, 0.717) is 13.1 Å². The molecular formula is C15H22N2O2. The van der Waals surface area contributed by atoms with Crippen LogP contribution in [0.1, 0.15) is 37.5 Å². The second-order valence-electron chi connectivity index (χ2n) is 5.97. The highest BCUT2D eigenvalue weighted by Gasteiger charge is 2.27. The van der Waals surface area contributed by atoms with E-state index < -0.39 is 5.60 Å². The molecule has 1 aromatic carbocycles. The van der Waals surface area contributed by atoms with Crippen molar-refractivity contribution in [1.29, 1.82) is 0 Å². The molecule has 4 nitrogen and oxygen atoms in total. The van der Waals surface area contributed by atoms with Gasteiger partial charge in [-0.1, -0.05) is 18.2 Å². The fourth-order valence-corrected chi connectivity index (χ4v) is 2.22. The minimum Gasteiger partial charge on any atom is -0.444 e. The van der Waals surface area contributed by atoms with Crippen LogP contribution >= 0.6 is 0 Å². The number of ether oxygens (including phenoxy) is 1. The summed E-state index contributed by atoms with van der Waals surface area (Å²) in [6, 6.07) is 6.37. The van der Waals surface area contributed by atoms with Gasteiger partial charge in [-0.3, -0.25) is 4.90 Å². The Morgan fingerprint density at radius 1 is 1.32 bits per heavy atom. The zero-order valence-electron chi connectivity index (χ0n) is 12.1. The summed E-state index contributed by atoms with van der Waals surface area (Å²) in [5.41, 5.74) is 3.24. The lowest BCUT2D eigenvalue weighted by Gasteiger charge is -2.24. The van der Waals surface area contributed by atoms with Gasteiger partial charge < -0.3 is 10.1 Å². The molecule has 1 heterocycles. The van der Waals surface area contributed by atoms with Crippen LogP contribution in [0.2, 0.25) is 0 Å². The van der Waals surface area contributed by atoms with Crippen molar-refractivity contribution in [2.24, 2.45) is 0 Å². The summed E-state index contributed by atoms with van der Waals surface area (Å²) in [4.78, 5) is 13.8. The van der Waals surface area contributed by atoms with Gasteiger partial charge in [-0.2, -0.15) is 0 Å². The quantitative estimate of drug-likeness (QED) is 0.891. The van der Waals surface area contributed by atoms with Gasteiger partial charge in [0.2, 0.25) is 0 Å². The fourth-order valence-electron chi connectivity index (χ4n) is 2.22. The number of amides is 1. The molecule has 104 valence electrons. The average Bonchev–Trinajstić information content (AvgIpc) is 2.70. The maximum absolute atomic E-state index is 12.0. The molecule has 0 unspecified atom stereocenters. The Morgan fingerprint density at radius 2 is 2.00 bits per heavy atom. The van der Waals surface area contributed by atoms with Crippen LogP contribution in [0.25, 0.3) is 0 Å². The highest BCUT2D eigenvalue weighted by Crippen LogP contribution is 2.25. The number of carbonyl (C=O) groups is 1. The van der Waals surface area contributed by atoms with Gasteiger partial charge in [0.05, 0.1) is 0 Å². The van der Waals surface area contributed by atoms with Crippen molar-refractivity contribution in [3.63, 3.8) is 0 Å². The Hall–Kier alpha value is -1.55. The van der Waals surface area contributed by atoms with E-state index in [2.05, 4.69) is 23.5 Å². The van der Waals surface area contributed by atoms with E-state index in [1.807, 2.05) is 27.8 Å². The molecule has 0 fully saturated rings. The predicted octanol–water partition coefficient (Wildman–Crippen LogP) is 2.66. The standard InChI is InChI=1S/C15H22N2O2/c1-15(2,3)19-14(18)17-9-12-6-5-11(8-16-4)7-13(12)10-17/h5-7,16H,8-10H2,1-4H3. The van der Waals surface area contributed by atoms with Crippen molar-refractivity contribution in [3.05, 3.63) is 34.9 Å². The van der Waals surface area contributed by atoms with Crippen molar-refractivity contribution in [2.75, 3.05) is 7.05 Å². The van der Waals surface area contributed by atoms with E-state index in [9.17, 15) is 4.79 Å². The topological polar surface area (TPSA) is 41.6 Å². The molecule has 0 atom stereocenters. The monoisotopic (exact) mass is 262 g/mol. The van der Waals surface area contributed by atoms with Gasteiger partial charge in [0.15, 0.2) is 0 Å². The van der Waals surface area contributed by atoms with Gasteiger partial charge in [-0.25, -0.2) is 4.79 Å². The number of benzene rings is 1. The van der Waals surface area contributed by atoms with Crippen LogP contribution in [-0.2, 0) is 24.4 Å². The molecule has 1 aliphatic heterocycles. The van der Waals surface area contributed by atoms with E-state index in [-0.39, 0.29) is 6.09 Å². The number of nitrogens with zero attached hydrogens (tertiary/aromatic N) is 1. The molecule has 19 heavy (non-hydrogen) atoms. The van der Waals surface area contributed by atoms with Crippen LogP contribution in [0.3, 0.4) is 0 Å². The second kappa shape index (κ2) is 5.21. The van der Waals surface area contributed by atoms with Crippen molar-refractivity contribution in [1.82, 2.24) is 10.2 Å². The van der Waals surface area contributed by atoms with E-state index >= 15 is 0 Å². The smallest absolute Gasteiger partial charge is 0.410 e. The third kappa shape index (κ3) is 3.47. The Bertz CT molecular complexity index is 478. The average molecular weight is 262 g/mol. The molecule has 0 radical (unpaired) electrons. The maximum atomic E-state index is 12.0. The fraction of sp³-hybridized carbons (Fsp3) is 0.533. The Labute approximate surface area is 114 Å². The predicted molar refractivity (Wildman–Crippen MR) is 74.7 cm³/mol. The summed E-state index contributed by atoms with van der Waals surface area (Å²) in [5.74, 6) is 0. The van der Waals surface area contributed by atoms with Gasteiger partial charge in [-0.05, 0) is 44.5 Å². The molecule has 0 spiro atoms. The highest BCUT2D eigenvalue weighted by molar-refractivity contribution is 5.69. The van der Waals surface area contributed by atoms with Crippen LogP contribution in [0.5, 0.6) is 0 Å². The molecule has 0 aromatic heterocycles. The Balaban J connectivity index is 2.05. The maximum Gasteiger partial charge on any atom is 0.410 e. The zero-order valence-corrected chi connectivity index (χ0v) is 12.1. The summed E-state index contributed by atoms with van der Waals surface area (Å²) < 4.78 is 5.41. The lowest BCUT2D eigenvalue weighted by atomic mass is 10.1. The van der Waals surface area contributed by atoms with Crippen molar-refractivity contribution < 1.29 is 9.53 Å². The number of hydrogen-bond acceptors (Lipinski definition) is 3. The molecule has 0 saturated heterocycles. The summed E-state index contributed by atoms with van der Waals surface area (Å²) in [7, 11) is 1.93. The lowest BCUT2D eigenvalue weighted by Crippen LogP contribution is -2.33. The first-order valence-electron chi connectivity index (χ1n) is 6.62. The van der Waals surface area contributed by atoms with Crippen LogP contribution < -0.4 is 5.32 Å². The SMILES string of the molecule is CNCc1ccc2c(c1)CN(C(=O)OC(C)(C)C)C2. The Morgan fingerprint density at radius 3 is 2.63 bits per heavy atom. The number of carbonyl (C=O) groups excluding carboxylic acids is 1. The number of nitrogens with one attached hydrogen (secondary N) is 1. The van der Waals surface area contributed by atoms with E-state index in [0.717, 1.165) is 6.54 Å². The summed E-state index contributed by atoms with van der Waals surface area (Å²) in [5, 5.41) is 3.13. The molecule has 2 rings (SSSR count). The van der Waals surface area contributed by atoms with Crippen LogP contribution in [0.4, 0.5) is 4.79 Å². The minimum atomic E-state index is -0.441. The van der Waals surface area contributed by atoms with Crippen molar-refractivity contribution in [2.45, 2.75) is 46.0 Å². The highest BCUT2D eigenvalue weighted by atomic mass is 16.6. The normalized spacial score (nSPS) is 14.4. The van der Waals surface area contributed by atoms with Gasteiger partial charge >= 0.3 is 6.09 Å². The molecular weight excluding hydrogens is 240 g/mol. The third-order valence-corrected chi connectivity index (χ3v) is 3.03. The number of rotatable bonds is 2. The number of fused-ring (bicyclic) bond motifs is 1. The van der Waals surface area contributed by atoms with Crippen LogP contribution in [0.15, 0.2) is 18.2 Å². The van der Waals surface area contributed by atoms with Crippen molar-refractivity contribution in [3.8, 4) is 0 Å². The van der Waals surface area contributed by atoms with Gasteiger partial charge in [0, 0.05) is 19.6 Å². The molecule has 1 aromatic rings. The molecule has 1 amide bonds. The van der Waals surface area contributed by atoms with E-state index in [4.69, 9.17) is 4.74 Å². The molecule has 0 bridgehead atoms. The molecule has 1 N–H and O–H groups in total. The van der Waals surface area contributed by atoms with E-state index in [1.165, 1.54) is 16.7 Å². The van der Waals surface area contributed by atoms with E-state index in [1.54, 1.807) is 4.90 Å². The van der Waals surface area contributed by atoms with Crippen LogP contribution in [-0.4, -0.2) is 23.6 Å². The first-order valence-corrected chi connectivity index (χ1v) is 6.62. The minimum absolute atomic E-state index is 0.237. The first-order chi connectivity index (χ1) is 8.89. The van der Waals surface area contributed by atoms with Gasteiger partial charge in [-0.15, -0.1) is 0 Å². The largest absolute Gasteiger partial charge is 0.444 e. The molecule has 0 saturated carbocycles. The summed E-state index contributed by atoms with van der Waals surface area (Å²) in [6.07, 6.45) is -0.237. The Kier molecular flexibility index (Phi) is 3.80. The first kappa shape index (κ1) is 13.9. The molecule has 4 heteroatoms. The van der Waals surface area contributed by atoms with Crippen LogP contribution in [0, 0.1) is 0 Å². The molecule has 0 aliphatic carbocycles. The lowest BCUT2D eigenvalue weighted by molar-refractivity contribution is 0.0242. The third-order valence-electron chi connectivity index (χ3n) is 3.03. The van der Waals surface area contributed by atoms with Gasteiger partial charge in [0.25, 0.3) is 0 Å². The number of hydrogen-bond donors (Lipinski definition) is 1. The van der Waals surface area contributed by atoms with Crippen molar-refractivity contribution >= 4 is 6.09 Å². The second-order valence-corrected chi connectivity index (χ2v) is 5.97.